The predicted octanol–water partition coefficient (Wildman–Crippen LogP) is 3.37. The van der Waals surface area contributed by atoms with E-state index >= 15 is 0 Å². The smallest absolute Gasteiger partial charge is 0.0613 e. The molecule has 2 N–H and O–H groups in total. The van der Waals surface area contributed by atoms with Crippen molar-refractivity contribution in [1.82, 2.24) is 5.32 Å². The fraction of sp³-hybridized carbons (Fsp3) is 0.600. The molecule has 1 aliphatic carbocycles. The lowest BCUT2D eigenvalue weighted by Crippen LogP contribution is -2.50. The van der Waals surface area contributed by atoms with Crippen LogP contribution in [-0.4, -0.2) is 17.3 Å². The van der Waals surface area contributed by atoms with Crippen LogP contribution in [-0.2, 0) is 6.54 Å². The number of aliphatic hydroxyl groups excluding tert-OH is 1. The van der Waals surface area contributed by atoms with Crippen LogP contribution >= 0.6 is 11.6 Å². The highest BCUT2D eigenvalue weighted by molar-refractivity contribution is 6.30. The molecule has 0 amide bonds. The number of halogens is 1. The summed E-state index contributed by atoms with van der Waals surface area (Å²) in [7, 11) is 0. The van der Waals surface area contributed by atoms with E-state index in [2.05, 4.69) is 18.3 Å². The SMILES string of the molecule is CC1CCC(CO)(NCc2cccc(Cl)c2)CC1. The summed E-state index contributed by atoms with van der Waals surface area (Å²) < 4.78 is 0. The van der Waals surface area contributed by atoms with Gasteiger partial charge in [-0.15, -0.1) is 0 Å². The predicted molar refractivity (Wildman–Crippen MR) is 75.7 cm³/mol. The number of benzene rings is 1. The molecule has 0 aromatic heterocycles. The Hall–Kier alpha value is -0.570. The van der Waals surface area contributed by atoms with Crippen molar-refractivity contribution in [1.29, 1.82) is 0 Å². The summed E-state index contributed by atoms with van der Waals surface area (Å²) in [6.45, 7) is 3.29. The first-order valence-electron chi connectivity index (χ1n) is 6.74. The second kappa shape index (κ2) is 6.05. The average molecular weight is 268 g/mol. The van der Waals surface area contributed by atoms with Gasteiger partial charge in [0, 0.05) is 17.1 Å². The van der Waals surface area contributed by atoms with Crippen LogP contribution in [0.2, 0.25) is 5.02 Å². The monoisotopic (exact) mass is 267 g/mol. The van der Waals surface area contributed by atoms with Gasteiger partial charge in [0.2, 0.25) is 0 Å². The van der Waals surface area contributed by atoms with Gasteiger partial charge in [-0.05, 0) is 49.3 Å². The molecule has 0 heterocycles. The van der Waals surface area contributed by atoms with Crippen LogP contribution in [0.25, 0.3) is 0 Å². The van der Waals surface area contributed by atoms with Crippen LogP contribution in [0.3, 0.4) is 0 Å². The first kappa shape index (κ1) is 13.9. The van der Waals surface area contributed by atoms with E-state index in [9.17, 15) is 5.11 Å². The molecule has 0 saturated heterocycles. The molecule has 0 atom stereocenters. The Morgan fingerprint density at radius 3 is 2.72 bits per heavy atom. The highest BCUT2D eigenvalue weighted by Gasteiger charge is 2.32. The highest BCUT2D eigenvalue weighted by Crippen LogP contribution is 2.31. The summed E-state index contributed by atoms with van der Waals surface area (Å²) in [6.07, 6.45) is 4.52. The second-order valence-corrected chi connectivity index (χ2v) is 6.04. The Balaban J connectivity index is 1.95. The molecule has 1 fully saturated rings. The first-order valence-corrected chi connectivity index (χ1v) is 7.12. The Bertz CT molecular complexity index is 386. The van der Waals surface area contributed by atoms with E-state index in [1.807, 2.05) is 18.2 Å². The van der Waals surface area contributed by atoms with Crippen LogP contribution in [0.15, 0.2) is 24.3 Å². The van der Waals surface area contributed by atoms with Crippen molar-refractivity contribution in [2.24, 2.45) is 5.92 Å². The molecule has 1 aliphatic rings. The van der Waals surface area contributed by atoms with Gasteiger partial charge in [0.25, 0.3) is 0 Å². The molecule has 0 radical (unpaired) electrons. The standard InChI is InChI=1S/C15H22ClNO/c1-12-5-7-15(11-18,8-6-12)17-10-13-3-2-4-14(16)9-13/h2-4,9,12,17-18H,5-8,10-11H2,1H3. The third-order valence-electron chi connectivity index (χ3n) is 4.09. The molecule has 3 heteroatoms. The van der Waals surface area contributed by atoms with Crippen molar-refractivity contribution in [3.05, 3.63) is 34.9 Å². The third kappa shape index (κ3) is 3.47. The Morgan fingerprint density at radius 1 is 1.39 bits per heavy atom. The molecule has 1 aromatic carbocycles. The molecule has 0 aliphatic heterocycles. The number of aliphatic hydroxyl groups is 1. The molecule has 0 bridgehead atoms. The summed E-state index contributed by atoms with van der Waals surface area (Å²) in [5, 5.41) is 14.0. The van der Waals surface area contributed by atoms with Gasteiger partial charge >= 0.3 is 0 Å². The van der Waals surface area contributed by atoms with Crippen molar-refractivity contribution >= 4 is 11.6 Å². The van der Waals surface area contributed by atoms with Crippen LogP contribution in [0.1, 0.15) is 38.2 Å². The first-order chi connectivity index (χ1) is 8.63. The van der Waals surface area contributed by atoms with Crippen LogP contribution in [0.5, 0.6) is 0 Å². The van der Waals surface area contributed by atoms with Crippen LogP contribution < -0.4 is 5.32 Å². The van der Waals surface area contributed by atoms with E-state index in [0.29, 0.717) is 0 Å². The summed E-state index contributed by atoms with van der Waals surface area (Å²) in [5.41, 5.74) is 1.09. The van der Waals surface area contributed by atoms with Crippen LogP contribution in [0.4, 0.5) is 0 Å². The topological polar surface area (TPSA) is 32.3 Å². The van der Waals surface area contributed by atoms with Gasteiger partial charge in [0.15, 0.2) is 0 Å². The summed E-state index contributed by atoms with van der Waals surface area (Å²) >= 11 is 5.98. The normalized spacial score (nSPS) is 28.3. The highest BCUT2D eigenvalue weighted by atomic mass is 35.5. The third-order valence-corrected chi connectivity index (χ3v) is 4.33. The Kier molecular flexibility index (Phi) is 4.66. The van der Waals surface area contributed by atoms with Crippen molar-refractivity contribution in [3.63, 3.8) is 0 Å². The maximum atomic E-state index is 9.67. The molecular weight excluding hydrogens is 246 g/mol. The van der Waals surface area contributed by atoms with Gasteiger partial charge in [-0.2, -0.15) is 0 Å². The lowest BCUT2D eigenvalue weighted by molar-refractivity contribution is 0.104. The summed E-state index contributed by atoms with van der Waals surface area (Å²) in [5.74, 6) is 0.789. The van der Waals surface area contributed by atoms with E-state index in [4.69, 9.17) is 11.6 Å². The van der Waals surface area contributed by atoms with Gasteiger partial charge in [-0.3, -0.25) is 0 Å². The fourth-order valence-corrected chi connectivity index (χ4v) is 2.85. The fourth-order valence-electron chi connectivity index (χ4n) is 2.64. The van der Waals surface area contributed by atoms with Crippen molar-refractivity contribution in [2.45, 2.75) is 44.7 Å². The summed E-state index contributed by atoms with van der Waals surface area (Å²) in [6, 6.07) is 7.89. The molecule has 18 heavy (non-hydrogen) atoms. The lowest BCUT2D eigenvalue weighted by atomic mass is 9.77. The minimum atomic E-state index is -0.0885. The molecule has 1 aromatic rings. The average Bonchev–Trinajstić information content (AvgIpc) is 2.39. The molecular formula is C15H22ClNO. The van der Waals surface area contributed by atoms with E-state index in [1.54, 1.807) is 0 Å². The zero-order valence-corrected chi connectivity index (χ0v) is 11.7. The Labute approximate surface area is 114 Å². The van der Waals surface area contributed by atoms with E-state index in [1.165, 1.54) is 18.4 Å². The molecule has 0 unspecified atom stereocenters. The minimum Gasteiger partial charge on any atom is -0.394 e. The molecule has 100 valence electrons. The quantitative estimate of drug-likeness (QED) is 0.877. The van der Waals surface area contributed by atoms with Crippen molar-refractivity contribution in [3.8, 4) is 0 Å². The maximum Gasteiger partial charge on any atom is 0.0613 e. The lowest BCUT2D eigenvalue weighted by Gasteiger charge is -2.39. The van der Waals surface area contributed by atoms with Gasteiger partial charge in [0.05, 0.1) is 6.61 Å². The number of rotatable bonds is 4. The summed E-state index contributed by atoms with van der Waals surface area (Å²) in [4.78, 5) is 0. The van der Waals surface area contributed by atoms with Gasteiger partial charge in [0.1, 0.15) is 0 Å². The number of hydrogen-bond donors (Lipinski definition) is 2. The largest absolute Gasteiger partial charge is 0.394 e. The van der Waals surface area contributed by atoms with Gasteiger partial charge < -0.3 is 10.4 Å². The van der Waals surface area contributed by atoms with Crippen molar-refractivity contribution in [2.75, 3.05) is 6.61 Å². The van der Waals surface area contributed by atoms with Crippen LogP contribution in [0, 0.1) is 5.92 Å². The number of nitrogens with one attached hydrogen (secondary N) is 1. The van der Waals surface area contributed by atoms with Gasteiger partial charge in [-0.1, -0.05) is 30.7 Å². The molecule has 0 spiro atoms. The molecule has 2 rings (SSSR count). The van der Waals surface area contributed by atoms with E-state index < -0.39 is 0 Å². The zero-order valence-electron chi connectivity index (χ0n) is 11.0. The van der Waals surface area contributed by atoms with E-state index in [0.717, 1.165) is 30.3 Å². The zero-order chi connectivity index (χ0) is 13.0. The van der Waals surface area contributed by atoms with E-state index in [-0.39, 0.29) is 12.1 Å². The Morgan fingerprint density at radius 2 is 2.11 bits per heavy atom. The number of hydrogen-bond acceptors (Lipinski definition) is 2. The second-order valence-electron chi connectivity index (χ2n) is 5.60. The molecule has 2 nitrogen and oxygen atoms in total. The molecule has 1 saturated carbocycles. The minimum absolute atomic E-state index is 0.0885. The maximum absolute atomic E-state index is 9.67. The van der Waals surface area contributed by atoms with Gasteiger partial charge in [-0.25, -0.2) is 0 Å². The van der Waals surface area contributed by atoms with Crippen molar-refractivity contribution < 1.29 is 5.11 Å².